The van der Waals surface area contributed by atoms with E-state index >= 15 is 0 Å². The van der Waals surface area contributed by atoms with Gasteiger partial charge in [0.25, 0.3) is 5.91 Å². The van der Waals surface area contributed by atoms with E-state index in [0.717, 1.165) is 0 Å². The summed E-state index contributed by atoms with van der Waals surface area (Å²) in [5.41, 5.74) is -0.343. The number of carbonyl (C=O) groups is 3. The minimum absolute atomic E-state index is 0.0737. The molecule has 0 atom stereocenters. The molecule has 1 aliphatic rings. The van der Waals surface area contributed by atoms with Crippen molar-refractivity contribution >= 4 is 17.7 Å². The van der Waals surface area contributed by atoms with Crippen LogP contribution in [0.3, 0.4) is 0 Å². The molecule has 2 rings (SSSR count). The minimum Gasteiger partial charge on any atom is -0.508 e. The Balaban J connectivity index is 2.16. The Morgan fingerprint density at radius 2 is 1.90 bits per heavy atom. The minimum atomic E-state index is -1.05. The Morgan fingerprint density at radius 3 is 2.50 bits per heavy atom. The van der Waals surface area contributed by atoms with Crippen LogP contribution in [-0.4, -0.2) is 39.8 Å². The Hall–Kier alpha value is -2.37. The molecule has 0 spiro atoms. The molecule has 106 valence electrons. The van der Waals surface area contributed by atoms with Crippen LogP contribution in [0.4, 0.5) is 0 Å². The van der Waals surface area contributed by atoms with Gasteiger partial charge in [0.15, 0.2) is 0 Å². The Bertz CT molecular complexity index is 563. The van der Waals surface area contributed by atoms with E-state index in [9.17, 15) is 19.5 Å². The zero-order valence-electron chi connectivity index (χ0n) is 11.3. The number of aromatic hydroxyl groups is 1. The van der Waals surface area contributed by atoms with Crippen molar-refractivity contribution in [2.75, 3.05) is 6.54 Å². The number of nitrogens with zero attached hydrogens (tertiary/aromatic N) is 1. The molecule has 3 amide bonds. The third-order valence-electron chi connectivity index (χ3n) is 3.38. The number of phenols is 1. The fraction of sp³-hybridized carbons (Fsp3) is 0.357. The smallest absolute Gasteiger partial charge is 0.252 e. The fourth-order valence-electron chi connectivity index (χ4n) is 2.07. The molecule has 6 nitrogen and oxygen atoms in total. The van der Waals surface area contributed by atoms with Crippen molar-refractivity contribution in [3.05, 3.63) is 29.8 Å². The predicted octanol–water partition coefficient (Wildman–Crippen LogP) is 0.198. The van der Waals surface area contributed by atoms with Gasteiger partial charge in [-0.2, -0.15) is 0 Å². The van der Waals surface area contributed by atoms with Crippen LogP contribution in [0.25, 0.3) is 0 Å². The Labute approximate surface area is 116 Å². The largest absolute Gasteiger partial charge is 0.508 e. The first kappa shape index (κ1) is 14.0. The van der Waals surface area contributed by atoms with Gasteiger partial charge in [-0.3, -0.25) is 19.7 Å². The van der Waals surface area contributed by atoms with E-state index in [1.807, 2.05) is 0 Å². The number of piperazine rings is 1. The van der Waals surface area contributed by atoms with E-state index in [4.69, 9.17) is 0 Å². The zero-order valence-corrected chi connectivity index (χ0v) is 11.3. The van der Waals surface area contributed by atoms with Gasteiger partial charge in [0.05, 0.1) is 6.42 Å². The van der Waals surface area contributed by atoms with E-state index in [2.05, 4.69) is 5.32 Å². The summed E-state index contributed by atoms with van der Waals surface area (Å²) in [4.78, 5) is 36.8. The number of hydrogen-bond donors (Lipinski definition) is 2. The van der Waals surface area contributed by atoms with E-state index in [1.54, 1.807) is 26.0 Å². The average molecular weight is 276 g/mol. The first-order chi connectivity index (χ1) is 9.30. The number of imide groups is 1. The van der Waals surface area contributed by atoms with Crippen LogP contribution >= 0.6 is 0 Å². The lowest BCUT2D eigenvalue weighted by molar-refractivity contribution is -0.155. The lowest BCUT2D eigenvalue weighted by atomic mass is 9.97. The maximum absolute atomic E-state index is 12.3. The third-order valence-corrected chi connectivity index (χ3v) is 3.38. The number of nitrogens with one attached hydrogen (secondary N) is 1. The summed E-state index contributed by atoms with van der Waals surface area (Å²) in [7, 11) is 0. The summed E-state index contributed by atoms with van der Waals surface area (Å²) in [6.07, 6.45) is 0.0737. The van der Waals surface area contributed by atoms with Crippen molar-refractivity contribution in [3.8, 4) is 5.75 Å². The van der Waals surface area contributed by atoms with Crippen molar-refractivity contribution in [2.45, 2.75) is 25.8 Å². The van der Waals surface area contributed by atoms with Crippen LogP contribution < -0.4 is 5.32 Å². The van der Waals surface area contributed by atoms with Crippen LogP contribution in [-0.2, 0) is 20.8 Å². The van der Waals surface area contributed by atoms with Gasteiger partial charge in [0.2, 0.25) is 11.8 Å². The van der Waals surface area contributed by atoms with Crippen LogP contribution in [0.15, 0.2) is 24.3 Å². The number of carbonyl (C=O) groups excluding carboxylic acids is 3. The summed E-state index contributed by atoms with van der Waals surface area (Å²) in [6, 6.07) is 6.24. The molecule has 1 aromatic rings. The highest BCUT2D eigenvalue weighted by Gasteiger charge is 2.43. The molecule has 1 heterocycles. The number of benzene rings is 1. The normalized spacial score (nSPS) is 17.8. The number of rotatable bonds is 2. The predicted molar refractivity (Wildman–Crippen MR) is 70.8 cm³/mol. The molecule has 1 aromatic carbocycles. The molecule has 1 fully saturated rings. The molecule has 0 bridgehead atoms. The van der Waals surface area contributed by atoms with Crippen molar-refractivity contribution in [2.24, 2.45) is 0 Å². The molecule has 20 heavy (non-hydrogen) atoms. The van der Waals surface area contributed by atoms with Gasteiger partial charge in [-0.25, -0.2) is 0 Å². The highest BCUT2D eigenvalue weighted by molar-refractivity contribution is 6.06. The van der Waals surface area contributed by atoms with Gasteiger partial charge in [0.1, 0.15) is 17.8 Å². The van der Waals surface area contributed by atoms with E-state index in [-0.39, 0.29) is 24.6 Å². The van der Waals surface area contributed by atoms with Crippen molar-refractivity contribution in [3.63, 3.8) is 0 Å². The van der Waals surface area contributed by atoms with Crippen molar-refractivity contribution < 1.29 is 19.5 Å². The maximum atomic E-state index is 12.3. The molecule has 1 saturated heterocycles. The Morgan fingerprint density at radius 1 is 1.30 bits per heavy atom. The van der Waals surface area contributed by atoms with Crippen LogP contribution in [0.5, 0.6) is 5.75 Å². The first-order valence-corrected chi connectivity index (χ1v) is 6.23. The van der Waals surface area contributed by atoms with Crippen molar-refractivity contribution in [1.29, 1.82) is 0 Å². The van der Waals surface area contributed by atoms with E-state index in [1.165, 1.54) is 17.0 Å². The monoisotopic (exact) mass is 276 g/mol. The topological polar surface area (TPSA) is 86.7 Å². The second-order valence-corrected chi connectivity index (χ2v) is 5.26. The average Bonchev–Trinajstić information content (AvgIpc) is 2.37. The molecule has 0 unspecified atom stereocenters. The molecule has 0 aromatic heterocycles. The van der Waals surface area contributed by atoms with Crippen LogP contribution in [0.2, 0.25) is 0 Å². The van der Waals surface area contributed by atoms with Gasteiger partial charge in [0, 0.05) is 0 Å². The number of phenolic OH excluding ortho intramolecular Hbond substituents is 1. The van der Waals surface area contributed by atoms with E-state index in [0.29, 0.717) is 5.56 Å². The van der Waals surface area contributed by atoms with Gasteiger partial charge in [-0.15, -0.1) is 0 Å². The van der Waals surface area contributed by atoms with Gasteiger partial charge < -0.3 is 10.0 Å². The van der Waals surface area contributed by atoms with Gasteiger partial charge in [-0.1, -0.05) is 12.1 Å². The second-order valence-electron chi connectivity index (χ2n) is 5.26. The molecule has 6 heteroatoms. The maximum Gasteiger partial charge on any atom is 0.252 e. The summed E-state index contributed by atoms with van der Waals surface area (Å²) in [5, 5.41) is 11.4. The molecular weight excluding hydrogens is 260 g/mol. The SMILES string of the molecule is CC1(C)C(=O)NC(=O)CN1C(=O)Cc1ccc(O)cc1. The summed E-state index contributed by atoms with van der Waals surface area (Å²) in [6.45, 7) is 3.07. The number of hydrogen-bond acceptors (Lipinski definition) is 4. The fourth-order valence-corrected chi connectivity index (χ4v) is 2.07. The second kappa shape index (κ2) is 4.96. The highest BCUT2D eigenvalue weighted by Crippen LogP contribution is 2.20. The molecule has 2 N–H and O–H groups in total. The summed E-state index contributed by atoms with van der Waals surface area (Å²) >= 11 is 0. The highest BCUT2D eigenvalue weighted by atomic mass is 16.3. The number of amides is 3. The molecule has 0 saturated carbocycles. The van der Waals surface area contributed by atoms with Gasteiger partial charge >= 0.3 is 0 Å². The molecular formula is C14H16N2O4. The van der Waals surface area contributed by atoms with E-state index < -0.39 is 17.4 Å². The quantitative estimate of drug-likeness (QED) is 0.755. The van der Waals surface area contributed by atoms with Crippen LogP contribution in [0.1, 0.15) is 19.4 Å². The first-order valence-electron chi connectivity index (χ1n) is 6.23. The Kier molecular flexibility index (Phi) is 3.48. The third kappa shape index (κ3) is 2.64. The molecule has 0 radical (unpaired) electrons. The summed E-state index contributed by atoms with van der Waals surface area (Å²) < 4.78 is 0. The zero-order chi connectivity index (χ0) is 14.9. The summed E-state index contributed by atoms with van der Waals surface area (Å²) in [5.74, 6) is -1.14. The standard InChI is InChI=1S/C14H16N2O4/c1-14(2)13(20)15-11(18)8-16(14)12(19)7-9-3-5-10(17)6-4-9/h3-6,17H,7-8H2,1-2H3,(H,15,18,20). The lowest BCUT2D eigenvalue weighted by Gasteiger charge is -2.40. The molecule has 0 aliphatic carbocycles. The van der Waals surface area contributed by atoms with Crippen LogP contribution in [0, 0.1) is 0 Å². The molecule has 1 aliphatic heterocycles. The van der Waals surface area contributed by atoms with Crippen molar-refractivity contribution in [1.82, 2.24) is 10.2 Å². The van der Waals surface area contributed by atoms with Gasteiger partial charge in [-0.05, 0) is 31.5 Å². The lowest BCUT2D eigenvalue weighted by Crippen LogP contribution is -2.65.